The van der Waals surface area contributed by atoms with Gasteiger partial charge in [0.2, 0.25) is 0 Å². The number of hydrogen-bond acceptors (Lipinski definition) is 3. The Balaban J connectivity index is 2.18. The van der Waals surface area contributed by atoms with Gasteiger partial charge in [-0.3, -0.25) is 0 Å². The average molecular weight is 317 g/mol. The van der Waals surface area contributed by atoms with Gasteiger partial charge in [-0.15, -0.1) is 0 Å². The third-order valence-corrected chi connectivity index (χ3v) is 3.52. The average Bonchev–Trinajstić information content (AvgIpc) is 2.39. The minimum absolute atomic E-state index is 0.469. The Morgan fingerprint density at radius 1 is 1.00 bits per heavy atom. The maximum atomic E-state index is 6.09. The van der Waals surface area contributed by atoms with E-state index in [0.29, 0.717) is 33.2 Å². The molecule has 2 N–H and O–H groups in total. The molecule has 19 heavy (non-hydrogen) atoms. The number of anilines is 2. The van der Waals surface area contributed by atoms with Gasteiger partial charge in [-0.2, -0.15) is 0 Å². The number of hydrogen-bond donors (Lipinski definition) is 2. The van der Waals surface area contributed by atoms with E-state index in [9.17, 15) is 0 Å². The first-order valence-corrected chi connectivity index (χ1v) is 6.76. The van der Waals surface area contributed by atoms with Gasteiger partial charge < -0.3 is 10.6 Å². The predicted molar refractivity (Wildman–Crippen MR) is 82.6 cm³/mol. The zero-order chi connectivity index (χ0) is 13.8. The zero-order valence-corrected chi connectivity index (χ0v) is 12.4. The van der Waals surface area contributed by atoms with Crippen molar-refractivity contribution in [3.8, 4) is 0 Å². The lowest BCUT2D eigenvalue weighted by Crippen LogP contribution is -2.04. The van der Waals surface area contributed by atoms with Gasteiger partial charge in [0.25, 0.3) is 0 Å². The van der Waals surface area contributed by atoms with Gasteiger partial charge in [0.15, 0.2) is 0 Å². The lowest BCUT2D eigenvalue weighted by Gasteiger charge is -2.11. The van der Waals surface area contributed by atoms with Crippen LogP contribution in [0.3, 0.4) is 0 Å². The molecule has 1 heterocycles. The lowest BCUT2D eigenvalue weighted by atomic mass is 10.2. The number of nitrogens with one attached hydrogen (secondary N) is 2. The molecule has 0 unspecified atom stereocenters. The van der Waals surface area contributed by atoms with Crippen molar-refractivity contribution in [1.29, 1.82) is 0 Å². The summed E-state index contributed by atoms with van der Waals surface area (Å²) in [6.45, 7) is 0.539. The summed E-state index contributed by atoms with van der Waals surface area (Å²) in [6.07, 6.45) is 0. The van der Waals surface area contributed by atoms with Crippen LogP contribution >= 0.6 is 34.8 Å². The second kappa shape index (κ2) is 6.33. The standard InChI is InChI=1S/C13H12Cl3N3/c1-17-12-10(15)6-11(16)13(19-12)18-7-8-4-2-3-5-9(8)14/h2-6H,7H2,1H3,(H2,17,18,19). The molecule has 1 aromatic carbocycles. The highest BCUT2D eigenvalue weighted by Crippen LogP contribution is 2.29. The summed E-state index contributed by atoms with van der Waals surface area (Å²) in [5.74, 6) is 1.14. The molecule has 0 radical (unpaired) electrons. The molecular formula is C13H12Cl3N3. The second-order valence-corrected chi connectivity index (χ2v) is 5.07. The van der Waals surface area contributed by atoms with E-state index in [2.05, 4.69) is 15.6 Å². The molecule has 0 spiro atoms. The van der Waals surface area contributed by atoms with Crippen LogP contribution in [0, 0.1) is 0 Å². The van der Waals surface area contributed by atoms with Crippen LogP contribution in [0.25, 0.3) is 0 Å². The van der Waals surface area contributed by atoms with Crippen molar-refractivity contribution in [3.63, 3.8) is 0 Å². The fraction of sp³-hybridized carbons (Fsp3) is 0.154. The summed E-state index contributed by atoms with van der Waals surface area (Å²) in [7, 11) is 1.75. The molecule has 1 aromatic heterocycles. The fourth-order valence-corrected chi connectivity index (χ4v) is 2.31. The fourth-order valence-electron chi connectivity index (χ4n) is 1.59. The van der Waals surface area contributed by atoms with Crippen LogP contribution in [0.2, 0.25) is 15.1 Å². The molecule has 0 aliphatic heterocycles. The van der Waals surface area contributed by atoms with E-state index in [1.54, 1.807) is 13.1 Å². The highest BCUT2D eigenvalue weighted by Gasteiger charge is 2.08. The molecule has 100 valence electrons. The summed E-state index contributed by atoms with van der Waals surface area (Å²) in [4.78, 5) is 4.31. The van der Waals surface area contributed by atoms with Crippen LogP contribution in [-0.2, 0) is 6.54 Å². The normalized spacial score (nSPS) is 10.3. The van der Waals surface area contributed by atoms with Gasteiger partial charge in [-0.1, -0.05) is 53.0 Å². The lowest BCUT2D eigenvalue weighted by molar-refractivity contribution is 1.11. The molecule has 2 rings (SSSR count). The summed E-state index contributed by atoms with van der Waals surface area (Å²) in [6, 6.07) is 9.25. The topological polar surface area (TPSA) is 37.0 Å². The molecule has 0 fully saturated rings. The molecule has 2 aromatic rings. The molecule has 0 atom stereocenters. The van der Waals surface area contributed by atoms with E-state index < -0.39 is 0 Å². The van der Waals surface area contributed by atoms with E-state index >= 15 is 0 Å². The van der Waals surface area contributed by atoms with Gasteiger partial charge in [-0.25, -0.2) is 4.98 Å². The van der Waals surface area contributed by atoms with Crippen molar-refractivity contribution in [2.45, 2.75) is 6.54 Å². The summed E-state index contributed by atoms with van der Waals surface area (Å²) >= 11 is 18.2. The number of aromatic nitrogens is 1. The highest BCUT2D eigenvalue weighted by molar-refractivity contribution is 6.37. The van der Waals surface area contributed by atoms with E-state index in [-0.39, 0.29) is 0 Å². The van der Waals surface area contributed by atoms with Crippen LogP contribution in [0.15, 0.2) is 30.3 Å². The van der Waals surface area contributed by atoms with Gasteiger partial charge in [-0.05, 0) is 17.7 Å². The van der Waals surface area contributed by atoms with E-state index in [4.69, 9.17) is 34.8 Å². The van der Waals surface area contributed by atoms with E-state index in [1.807, 2.05) is 24.3 Å². The third kappa shape index (κ3) is 3.44. The Morgan fingerprint density at radius 3 is 2.37 bits per heavy atom. The molecule has 0 aliphatic carbocycles. The minimum Gasteiger partial charge on any atom is -0.372 e. The highest BCUT2D eigenvalue weighted by atomic mass is 35.5. The van der Waals surface area contributed by atoms with Crippen molar-refractivity contribution in [3.05, 3.63) is 51.0 Å². The number of rotatable bonds is 4. The number of benzene rings is 1. The second-order valence-electron chi connectivity index (χ2n) is 3.84. The number of halogens is 3. The summed E-state index contributed by atoms with van der Waals surface area (Å²) in [5, 5.41) is 7.70. The molecule has 0 saturated heterocycles. The van der Waals surface area contributed by atoms with Crippen LogP contribution in [0.5, 0.6) is 0 Å². The minimum atomic E-state index is 0.469. The number of pyridine rings is 1. The smallest absolute Gasteiger partial charge is 0.147 e. The van der Waals surface area contributed by atoms with Crippen molar-refractivity contribution in [2.75, 3.05) is 17.7 Å². The first kappa shape index (κ1) is 14.3. The SMILES string of the molecule is CNc1nc(NCc2ccccc2Cl)c(Cl)cc1Cl. The zero-order valence-electron chi connectivity index (χ0n) is 10.2. The Bertz CT molecular complexity index is 587. The first-order chi connectivity index (χ1) is 9.11. The van der Waals surface area contributed by atoms with Crippen LogP contribution in [-0.4, -0.2) is 12.0 Å². The molecule has 0 aliphatic rings. The van der Waals surface area contributed by atoms with Crippen molar-refractivity contribution >= 4 is 46.4 Å². The Kier molecular flexibility index (Phi) is 4.75. The van der Waals surface area contributed by atoms with Gasteiger partial charge >= 0.3 is 0 Å². The molecular weight excluding hydrogens is 305 g/mol. The van der Waals surface area contributed by atoms with Crippen molar-refractivity contribution in [2.24, 2.45) is 0 Å². The molecule has 0 bridgehead atoms. The Labute approximate surface area is 126 Å². The van der Waals surface area contributed by atoms with E-state index in [0.717, 1.165) is 5.56 Å². The maximum Gasteiger partial charge on any atom is 0.147 e. The van der Waals surface area contributed by atoms with Crippen LogP contribution < -0.4 is 10.6 Å². The monoisotopic (exact) mass is 315 g/mol. The van der Waals surface area contributed by atoms with E-state index in [1.165, 1.54) is 0 Å². The number of nitrogens with zero attached hydrogens (tertiary/aromatic N) is 1. The third-order valence-electron chi connectivity index (χ3n) is 2.57. The van der Waals surface area contributed by atoms with Crippen molar-refractivity contribution < 1.29 is 0 Å². The van der Waals surface area contributed by atoms with Gasteiger partial charge in [0.1, 0.15) is 11.6 Å². The first-order valence-electron chi connectivity index (χ1n) is 5.63. The maximum absolute atomic E-state index is 6.09. The molecule has 0 saturated carbocycles. The summed E-state index contributed by atoms with van der Waals surface area (Å²) in [5.41, 5.74) is 0.975. The quantitative estimate of drug-likeness (QED) is 0.858. The van der Waals surface area contributed by atoms with Crippen molar-refractivity contribution in [1.82, 2.24) is 4.98 Å². The molecule has 0 amide bonds. The van der Waals surface area contributed by atoms with Crippen LogP contribution in [0.4, 0.5) is 11.6 Å². The van der Waals surface area contributed by atoms with Gasteiger partial charge in [0.05, 0.1) is 10.0 Å². The van der Waals surface area contributed by atoms with Crippen LogP contribution in [0.1, 0.15) is 5.56 Å². The molecule has 6 heteroatoms. The predicted octanol–water partition coefficient (Wildman–Crippen LogP) is 4.70. The van der Waals surface area contributed by atoms with Gasteiger partial charge in [0, 0.05) is 18.6 Å². The molecule has 3 nitrogen and oxygen atoms in total. The largest absolute Gasteiger partial charge is 0.372 e. The Morgan fingerprint density at radius 2 is 1.68 bits per heavy atom. The Hall–Kier alpha value is -1.16. The summed E-state index contributed by atoms with van der Waals surface area (Å²) < 4.78 is 0.